The van der Waals surface area contributed by atoms with Gasteiger partial charge in [-0.2, -0.15) is 0 Å². The van der Waals surface area contributed by atoms with Crippen LogP contribution >= 0.6 is 0 Å². The lowest BCUT2D eigenvalue weighted by molar-refractivity contribution is -0.132. The average molecular weight is 326 g/mol. The van der Waals surface area contributed by atoms with Crippen molar-refractivity contribution in [3.8, 4) is 5.75 Å². The van der Waals surface area contributed by atoms with Crippen LogP contribution in [0, 0.1) is 11.3 Å². The highest BCUT2D eigenvalue weighted by Crippen LogP contribution is 2.61. The molecule has 1 aromatic carbocycles. The summed E-state index contributed by atoms with van der Waals surface area (Å²) in [6, 6.07) is 8.16. The Morgan fingerprint density at radius 2 is 2.17 bits per heavy atom. The first-order chi connectivity index (χ1) is 11.6. The Morgan fingerprint density at radius 1 is 1.29 bits per heavy atom. The van der Waals surface area contributed by atoms with Crippen molar-refractivity contribution >= 4 is 11.8 Å². The predicted octanol–water partition coefficient (Wildman–Crippen LogP) is 1.47. The standard InChI is InChI=1S/C19H22N2O3/c22-16-10-18(11-20-16)5-7-21(12-18)17(23)14-9-19(14)6-8-24-15-4-2-1-3-13(15)19/h1-4,14H,5-12H2,(H,20,22). The fraction of sp³-hybridized carbons (Fsp3) is 0.579. The first-order valence-electron chi connectivity index (χ1n) is 8.90. The molecule has 3 heterocycles. The molecule has 3 fully saturated rings. The smallest absolute Gasteiger partial charge is 0.226 e. The third kappa shape index (κ3) is 1.93. The molecular formula is C19H22N2O3. The van der Waals surface area contributed by atoms with Crippen molar-refractivity contribution in [1.29, 1.82) is 0 Å². The van der Waals surface area contributed by atoms with E-state index in [0.717, 1.165) is 44.6 Å². The number of ether oxygens (including phenoxy) is 1. The van der Waals surface area contributed by atoms with E-state index in [1.807, 2.05) is 23.1 Å². The van der Waals surface area contributed by atoms with E-state index >= 15 is 0 Å². The number of para-hydroxylation sites is 1. The minimum Gasteiger partial charge on any atom is -0.493 e. The molecule has 0 aromatic heterocycles. The Labute approximate surface area is 141 Å². The van der Waals surface area contributed by atoms with Gasteiger partial charge in [-0.3, -0.25) is 9.59 Å². The molecule has 1 N–H and O–H groups in total. The van der Waals surface area contributed by atoms with Crippen LogP contribution in [0.25, 0.3) is 0 Å². The van der Waals surface area contributed by atoms with Crippen LogP contribution in [0.5, 0.6) is 5.75 Å². The van der Waals surface area contributed by atoms with Gasteiger partial charge in [-0.1, -0.05) is 18.2 Å². The molecule has 5 rings (SSSR count). The Morgan fingerprint density at radius 3 is 3.00 bits per heavy atom. The second-order valence-corrected chi connectivity index (χ2v) is 7.97. The second kappa shape index (κ2) is 4.74. The number of likely N-dealkylation sites (tertiary alicyclic amines) is 1. The van der Waals surface area contributed by atoms with E-state index in [2.05, 4.69) is 11.4 Å². The summed E-state index contributed by atoms with van der Waals surface area (Å²) < 4.78 is 5.77. The Bertz CT molecular complexity index is 733. The molecule has 126 valence electrons. The summed E-state index contributed by atoms with van der Waals surface area (Å²) in [5, 5.41) is 2.93. The molecule has 24 heavy (non-hydrogen) atoms. The summed E-state index contributed by atoms with van der Waals surface area (Å²) in [6.45, 7) is 2.94. The van der Waals surface area contributed by atoms with Gasteiger partial charge < -0.3 is 15.0 Å². The van der Waals surface area contributed by atoms with Crippen LogP contribution in [0.3, 0.4) is 0 Å². The summed E-state index contributed by atoms with van der Waals surface area (Å²) in [5.41, 5.74) is 1.19. The van der Waals surface area contributed by atoms with Crippen LogP contribution in [0.1, 0.15) is 31.2 Å². The average Bonchev–Trinajstić information content (AvgIpc) is 2.97. The molecular weight excluding hydrogens is 304 g/mol. The maximum atomic E-state index is 13.1. The summed E-state index contributed by atoms with van der Waals surface area (Å²) in [5.74, 6) is 1.44. The van der Waals surface area contributed by atoms with E-state index in [0.29, 0.717) is 13.0 Å². The predicted molar refractivity (Wildman–Crippen MR) is 87.6 cm³/mol. The van der Waals surface area contributed by atoms with Crippen molar-refractivity contribution in [3.05, 3.63) is 29.8 Å². The highest BCUT2D eigenvalue weighted by molar-refractivity contribution is 5.86. The lowest BCUT2D eigenvalue weighted by Gasteiger charge is -2.28. The largest absolute Gasteiger partial charge is 0.493 e. The molecule has 1 saturated carbocycles. The van der Waals surface area contributed by atoms with Gasteiger partial charge in [-0.25, -0.2) is 0 Å². The highest BCUT2D eigenvalue weighted by atomic mass is 16.5. The first-order valence-corrected chi connectivity index (χ1v) is 8.90. The van der Waals surface area contributed by atoms with E-state index in [-0.39, 0.29) is 28.6 Å². The molecule has 2 saturated heterocycles. The minimum absolute atomic E-state index is 0.00851. The molecule has 4 aliphatic rings. The zero-order valence-electron chi connectivity index (χ0n) is 13.7. The number of amides is 2. The normalized spacial score (nSPS) is 36.6. The van der Waals surface area contributed by atoms with Crippen molar-refractivity contribution in [2.45, 2.75) is 31.1 Å². The molecule has 1 aliphatic carbocycles. The number of carbonyl (C=O) groups excluding carboxylic acids is 2. The van der Waals surface area contributed by atoms with Crippen LogP contribution in [0.4, 0.5) is 0 Å². The van der Waals surface area contributed by atoms with Crippen molar-refractivity contribution in [2.24, 2.45) is 11.3 Å². The maximum Gasteiger partial charge on any atom is 0.226 e. The number of carbonyl (C=O) groups is 2. The SMILES string of the molecule is O=C1CC2(CCN(C(=O)C3CC34CCOc3ccccc34)C2)CN1. The van der Waals surface area contributed by atoms with Gasteiger partial charge >= 0.3 is 0 Å². The molecule has 3 atom stereocenters. The quantitative estimate of drug-likeness (QED) is 0.850. The number of fused-ring (bicyclic) bond motifs is 2. The van der Waals surface area contributed by atoms with Gasteiger partial charge in [0.05, 0.1) is 6.61 Å². The lowest BCUT2D eigenvalue weighted by atomic mass is 9.86. The zero-order valence-corrected chi connectivity index (χ0v) is 13.7. The Hall–Kier alpha value is -2.04. The van der Waals surface area contributed by atoms with E-state index in [1.54, 1.807) is 0 Å². The fourth-order valence-electron chi connectivity index (χ4n) is 5.07. The second-order valence-electron chi connectivity index (χ2n) is 7.97. The van der Waals surface area contributed by atoms with Crippen LogP contribution in [-0.4, -0.2) is 43.0 Å². The van der Waals surface area contributed by atoms with E-state index < -0.39 is 0 Å². The van der Waals surface area contributed by atoms with Gasteiger partial charge in [0.2, 0.25) is 11.8 Å². The lowest BCUT2D eigenvalue weighted by Crippen LogP contribution is -2.36. The van der Waals surface area contributed by atoms with Gasteiger partial charge in [0, 0.05) is 48.4 Å². The fourth-order valence-corrected chi connectivity index (χ4v) is 5.07. The molecule has 5 nitrogen and oxygen atoms in total. The molecule has 1 aromatic rings. The van der Waals surface area contributed by atoms with Crippen molar-refractivity contribution < 1.29 is 14.3 Å². The number of nitrogens with one attached hydrogen (secondary N) is 1. The molecule has 3 unspecified atom stereocenters. The Kier molecular flexibility index (Phi) is 2.83. The van der Waals surface area contributed by atoms with Crippen molar-refractivity contribution in [3.63, 3.8) is 0 Å². The zero-order chi connectivity index (χ0) is 16.4. The van der Waals surface area contributed by atoms with E-state index in [9.17, 15) is 9.59 Å². The van der Waals surface area contributed by atoms with Crippen LogP contribution < -0.4 is 10.1 Å². The molecule has 3 aliphatic heterocycles. The molecule has 0 bridgehead atoms. The molecule has 0 radical (unpaired) electrons. The van der Waals surface area contributed by atoms with Crippen LogP contribution in [0.2, 0.25) is 0 Å². The minimum atomic E-state index is -0.0115. The monoisotopic (exact) mass is 326 g/mol. The van der Waals surface area contributed by atoms with Crippen molar-refractivity contribution in [1.82, 2.24) is 10.2 Å². The third-order valence-corrected chi connectivity index (χ3v) is 6.55. The van der Waals surface area contributed by atoms with E-state index in [4.69, 9.17) is 4.74 Å². The first kappa shape index (κ1) is 14.3. The van der Waals surface area contributed by atoms with Gasteiger partial charge in [0.15, 0.2) is 0 Å². The van der Waals surface area contributed by atoms with Gasteiger partial charge in [0.1, 0.15) is 5.75 Å². The molecule has 2 amide bonds. The van der Waals surface area contributed by atoms with Gasteiger partial charge in [-0.05, 0) is 25.3 Å². The number of hydrogen-bond donors (Lipinski definition) is 1. The number of rotatable bonds is 1. The molecule has 2 spiro atoms. The van der Waals surface area contributed by atoms with Gasteiger partial charge in [0.25, 0.3) is 0 Å². The van der Waals surface area contributed by atoms with Crippen molar-refractivity contribution in [2.75, 3.05) is 26.2 Å². The molecule has 5 heteroatoms. The summed E-state index contributed by atoms with van der Waals surface area (Å²) >= 11 is 0. The third-order valence-electron chi connectivity index (χ3n) is 6.55. The summed E-state index contributed by atoms with van der Waals surface area (Å²) in [6.07, 6.45) is 3.38. The van der Waals surface area contributed by atoms with E-state index in [1.165, 1.54) is 5.56 Å². The van der Waals surface area contributed by atoms with Crippen LogP contribution in [-0.2, 0) is 15.0 Å². The highest BCUT2D eigenvalue weighted by Gasteiger charge is 2.62. The van der Waals surface area contributed by atoms with Gasteiger partial charge in [-0.15, -0.1) is 0 Å². The number of benzene rings is 1. The summed E-state index contributed by atoms with van der Waals surface area (Å²) in [7, 11) is 0. The Balaban J connectivity index is 1.35. The summed E-state index contributed by atoms with van der Waals surface area (Å²) in [4.78, 5) is 26.7. The maximum absolute atomic E-state index is 13.1. The van der Waals surface area contributed by atoms with Crippen LogP contribution in [0.15, 0.2) is 24.3 Å². The number of nitrogens with zero attached hydrogens (tertiary/aromatic N) is 1. The topological polar surface area (TPSA) is 58.6 Å². The number of hydrogen-bond acceptors (Lipinski definition) is 3.